The van der Waals surface area contributed by atoms with E-state index in [2.05, 4.69) is 5.32 Å². The van der Waals surface area contributed by atoms with Crippen LogP contribution in [0.15, 0.2) is 24.3 Å². The van der Waals surface area contributed by atoms with Gasteiger partial charge in [0, 0.05) is 42.9 Å². The summed E-state index contributed by atoms with van der Waals surface area (Å²) >= 11 is 1.00. The van der Waals surface area contributed by atoms with E-state index in [1.807, 2.05) is 16.7 Å². The molecule has 3 aliphatic heterocycles. The number of nitrogens with one attached hydrogen (secondary N) is 1. The minimum Gasteiger partial charge on any atom is -0.341 e. The van der Waals surface area contributed by atoms with Crippen LogP contribution in [0, 0.1) is 11.3 Å². The maximum Gasteiger partial charge on any atom is 0.399 e. The van der Waals surface area contributed by atoms with Gasteiger partial charge in [0.15, 0.2) is 0 Å². The van der Waals surface area contributed by atoms with Gasteiger partial charge in [-0.15, -0.1) is 11.3 Å². The largest absolute Gasteiger partial charge is 0.399 e. The normalized spacial score (nSPS) is 22.6. The van der Waals surface area contributed by atoms with Crippen molar-refractivity contribution in [3.63, 3.8) is 0 Å². The van der Waals surface area contributed by atoms with Gasteiger partial charge in [0.05, 0.1) is 10.9 Å². The number of unbranched alkanes of at least 4 members (excludes halogenated alkanes) is 1. The van der Waals surface area contributed by atoms with E-state index in [1.165, 1.54) is 12.1 Å². The molecule has 11 nitrogen and oxygen atoms in total. The van der Waals surface area contributed by atoms with Crippen LogP contribution in [0.1, 0.15) is 87.9 Å². The standard InChI is InChI=1S/C33H45F2N4O7PS/c1-5-6-9-27(40)37-15-12-20-13-16-39(24(20)19-37)30(42)23-8-7-14-38(23)31(43)28(32(2,3)4)36-29(41)26-18-21-17-22(10-11-25(21)48-26)33(34,35)47(44,45)46/h10-11,17-18,20,23-24,28H,5-9,12-16,19H2,1-4H3,(H,36,41)(H2,44,45,46)/t20-,23-,24-,28?/m0/s1. The third-order valence-electron chi connectivity index (χ3n) is 9.91. The van der Waals surface area contributed by atoms with Gasteiger partial charge in [0.2, 0.25) is 17.7 Å². The average Bonchev–Trinajstić information content (AvgIpc) is 3.78. The molecule has 4 atom stereocenters. The van der Waals surface area contributed by atoms with Crippen molar-refractivity contribution in [2.24, 2.45) is 11.3 Å². The van der Waals surface area contributed by atoms with Gasteiger partial charge in [-0.3, -0.25) is 23.7 Å². The molecule has 0 spiro atoms. The van der Waals surface area contributed by atoms with Gasteiger partial charge in [-0.25, -0.2) is 0 Å². The highest BCUT2D eigenvalue weighted by molar-refractivity contribution is 7.52. The highest BCUT2D eigenvalue weighted by Crippen LogP contribution is 2.59. The molecule has 5 rings (SSSR count). The molecule has 2 aromatic rings. The number of piperidine rings is 1. The molecule has 264 valence electrons. The van der Waals surface area contributed by atoms with Gasteiger partial charge in [0.25, 0.3) is 5.91 Å². The number of rotatable bonds is 9. The smallest absolute Gasteiger partial charge is 0.341 e. The number of thiophene rings is 1. The molecule has 4 heterocycles. The molecule has 4 amide bonds. The topological polar surface area (TPSA) is 148 Å². The summed E-state index contributed by atoms with van der Waals surface area (Å²) in [7, 11) is -5.77. The van der Waals surface area contributed by atoms with Gasteiger partial charge in [-0.1, -0.05) is 40.2 Å². The predicted molar refractivity (Wildman–Crippen MR) is 178 cm³/mol. The summed E-state index contributed by atoms with van der Waals surface area (Å²) in [6.07, 6.45) is 5.12. The van der Waals surface area contributed by atoms with Crippen LogP contribution in [0.5, 0.6) is 0 Å². The first-order chi connectivity index (χ1) is 22.4. The van der Waals surface area contributed by atoms with Crippen molar-refractivity contribution >= 4 is 52.6 Å². The number of nitrogens with zero attached hydrogens (tertiary/aromatic N) is 3. The average molecular weight is 711 g/mol. The SMILES string of the molecule is CCCCC(=O)N1CC[C@H]2CCN(C(=O)[C@@H]3CCCN3C(=O)C(NC(=O)c3cc4cc(C(F)(F)P(=O)(O)O)ccc4s3)C(C)(C)C)[C@H]2C1. The first-order valence-electron chi connectivity index (χ1n) is 16.6. The van der Waals surface area contributed by atoms with Crippen molar-refractivity contribution in [3.05, 3.63) is 34.7 Å². The number of carbonyl (C=O) groups excluding carboxylic acids is 4. The van der Waals surface area contributed by atoms with Crippen LogP contribution in [-0.2, 0) is 24.6 Å². The molecular formula is C33H45F2N4O7PS. The molecule has 0 bridgehead atoms. The quantitative estimate of drug-likeness (QED) is 0.314. The van der Waals surface area contributed by atoms with Crippen LogP contribution >= 0.6 is 18.9 Å². The zero-order chi connectivity index (χ0) is 35.2. The van der Waals surface area contributed by atoms with Crippen molar-refractivity contribution in [1.82, 2.24) is 20.0 Å². The Kier molecular flexibility index (Phi) is 10.4. The van der Waals surface area contributed by atoms with Crippen LogP contribution in [-0.4, -0.2) is 92.4 Å². The number of alkyl halides is 2. The molecular weight excluding hydrogens is 665 g/mol. The lowest BCUT2D eigenvalue weighted by Crippen LogP contribution is -2.59. The molecule has 0 saturated carbocycles. The van der Waals surface area contributed by atoms with Gasteiger partial charge in [0.1, 0.15) is 12.1 Å². The molecule has 0 radical (unpaired) electrons. The Balaban J connectivity index is 1.31. The Morgan fingerprint density at radius 1 is 1.04 bits per heavy atom. The number of benzene rings is 1. The van der Waals surface area contributed by atoms with E-state index in [9.17, 15) is 32.5 Å². The van der Waals surface area contributed by atoms with Crippen molar-refractivity contribution in [1.29, 1.82) is 0 Å². The number of likely N-dealkylation sites (tertiary alicyclic amines) is 3. The Morgan fingerprint density at radius 2 is 1.75 bits per heavy atom. The second kappa shape index (κ2) is 13.8. The number of fused-ring (bicyclic) bond motifs is 2. The third-order valence-corrected chi connectivity index (χ3v) is 12.0. The van der Waals surface area contributed by atoms with E-state index >= 15 is 0 Å². The lowest BCUT2D eigenvalue weighted by Gasteiger charge is -2.40. The summed E-state index contributed by atoms with van der Waals surface area (Å²) in [5, 5.41) is 3.03. The summed E-state index contributed by atoms with van der Waals surface area (Å²) in [6, 6.07) is 2.73. The fourth-order valence-corrected chi connectivity index (χ4v) is 8.55. The Labute approximate surface area is 283 Å². The second-order valence-electron chi connectivity index (χ2n) is 14.3. The Hall–Kier alpha value is -2.93. The van der Waals surface area contributed by atoms with Crippen LogP contribution < -0.4 is 5.32 Å². The third kappa shape index (κ3) is 7.18. The fourth-order valence-electron chi connectivity index (χ4n) is 7.13. The summed E-state index contributed by atoms with van der Waals surface area (Å²) in [5.41, 5.74) is -6.01. The first kappa shape index (κ1) is 36.4. The number of hydrogen-bond acceptors (Lipinski definition) is 6. The van der Waals surface area contributed by atoms with Gasteiger partial charge in [-0.2, -0.15) is 8.78 Å². The zero-order valence-corrected chi connectivity index (χ0v) is 29.5. The molecule has 3 fully saturated rings. The minimum absolute atomic E-state index is 0.0809. The van der Waals surface area contributed by atoms with Crippen LogP contribution in [0.25, 0.3) is 10.1 Å². The minimum atomic E-state index is -5.77. The number of amides is 4. The van der Waals surface area contributed by atoms with Crippen molar-refractivity contribution in [3.8, 4) is 0 Å². The van der Waals surface area contributed by atoms with Gasteiger partial charge >= 0.3 is 13.3 Å². The molecule has 1 aromatic heterocycles. The lowest BCUT2D eigenvalue weighted by molar-refractivity contribution is -0.148. The maximum absolute atomic E-state index is 14.3. The van der Waals surface area contributed by atoms with Gasteiger partial charge in [-0.05, 0) is 67.0 Å². The molecule has 1 aromatic carbocycles. The summed E-state index contributed by atoms with van der Waals surface area (Å²) in [5.74, 6) is -0.673. The van der Waals surface area contributed by atoms with E-state index < -0.39 is 42.2 Å². The molecule has 3 N–H and O–H groups in total. The van der Waals surface area contributed by atoms with Crippen molar-refractivity contribution in [2.45, 2.75) is 96.4 Å². The van der Waals surface area contributed by atoms with Crippen LogP contribution in [0.3, 0.4) is 0 Å². The van der Waals surface area contributed by atoms with E-state index in [1.54, 1.807) is 25.7 Å². The number of halogens is 2. The lowest BCUT2D eigenvalue weighted by atomic mass is 9.85. The zero-order valence-electron chi connectivity index (χ0n) is 27.8. The Bertz CT molecular complexity index is 1620. The monoisotopic (exact) mass is 710 g/mol. The van der Waals surface area contributed by atoms with Gasteiger partial charge < -0.3 is 29.8 Å². The first-order valence-corrected chi connectivity index (χ1v) is 19.0. The molecule has 0 aliphatic carbocycles. The molecule has 3 aliphatic rings. The van der Waals surface area contributed by atoms with Crippen LogP contribution in [0.2, 0.25) is 0 Å². The van der Waals surface area contributed by atoms with Crippen molar-refractivity contribution in [2.75, 3.05) is 26.2 Å². The summed E-state index contributed by atoms with van der Waals surface area (Å²) < 4.78 is 40.5. The molecule has 1 unspecified atom stereocenters. The summed E-state index contributed by atoms with van der Waals surface area (Å²) in [4.78, 5) is 78.3. The maximum atomic E-state index is 14.3. The van der Waals surface area contributed by atoms with Crippen molar-refractivity contribution < 1.29 is 42.3 Å². The van der Waals surface area contributed by atoms with E-state index in [4.69, 9.17) is 9.79 Å². The molecule has 48 heavy (non-hydrogen) atoms. The van der Waals surface area contributed by atoms with Crippen LogP contribution in [0.4, 0.5) is 8.78 Å². The molecule has 15 heteroatoms. The highest BCUT2D eigenvalue weighted by atomic mass is 32.1. The van der Waals surface area contributed by atoms with E-state index in [-0.39, 0.29) is 34.0 Å². The predicted octanol–water partition coefficient (Wildman–Crippen LogP) is 4.90. The number of carbonyl (C=O) groups is 4. The second-order valence-corrected chi connectivity index (χ2v) is 17.0. The fraction of sp³-hybridized carbons (Fsp3) is 0.636. The molecule has 3 saturated heterocycles. The number of hydrogen-bond donors (Lipinski definition) is 3. The highest BCUT2D eigenvalue weighted by Gasteiger charge is 2.51. The summed E-state index contributed by atoms with van der Waals surface area (Å²) in [6.45, 7) is 9.62. The Morgan fingerprint density at radius 3 is 2.42 bits per heavy atom. The van der Waals surface area contributed by atoms with E-state index in [0.29, 0.717) is 56.1 Å². The van der Waals surface area contributed by atoms with E-state index in [0.717, 1.165) is 49.2 Å².